The van der Waals surface area contributed by atoms with Gasteiger partial charge in [0.15, 0.2) is 5.96 Å². The highest BCUT2D eigenvalue weighted by atomic mass is 16.4. The van der Waals surface area contributed by atoms with Gasteiger partial charge in [0.2, 0.25) is 29.5 Å². The number of aliphatic carboxylic acids is 1. The lowest BCUT2D eigenvalue weighted by Gasteiger charge is -2.27. The van der Waals surface area contributed by atoms with E-state index in [4.69, 9.17) is 40.1 Å². The minimum absolute atomic E-state index is 0.0402. The normalized spacial score (nSPS) is 14.4. The number of rotatable bonds is 32. The fourth-order valence-electron chi connectivity index (χ4n) is 5.56. The highest BCUT2D eigenvalue weighted by Crippen LogP contribution is 2.10. The molecule has 0 spiro atoms. The van der Waals surface area contributed by atoms with Crippen LogP contribution in [0.5, 0.6) is 0 Å². The van der Waals surface area contributed by atoms with E-state index in [1.54, 1.807) is 13.8 Å². The Labute approximate surface area is 325 Å². The van der Waals surface area contributed by atoms with Gasteiger partial charge in [0.05, 0.1) is 6.04 Å². The zero-order valence-corrected chi connectivity index (χ0v) is 32.9. The minimum Gasteiger partial charge on any atom is -0.480 e. The minimum atomic E-state index is -1.23. The summed E-state index contributed by atoms with van der Waals surface area (Å²) in [4.78, 5) is 83.5. The summed E-state index contributed by atoms with van der Waals surface area (Å²) >= 11 is 0. The molecule has 318 valence electrons. The molecule has 0 aliphatic carbocycles. The van der Waals surface area contributed by atoms with Crippen LogP contribution in [0.15, 0.2) is 4.99 Å². The SMILES string of the molecule is CC(C)[C@H](NC(=O)[C@H](CCCCN)NC(=O)[C@H](CCCN=C(N)N)NC(=O)[C@H](CCCCN)NC(=O)[C@H](CCCCN)NC(=O)[C@@H](N)CCCCN)C(=O)O. The van der Waals surface area contributed by atoms with Gasteiger partial charge in [-0.3, -0.25) is 29.0 Å². The second kappa shape index (κ2) is 30.2. The fraction of sp³-hybridized carbons (Fsp3) is 0.800. The maximum atomic E-state index is 13.9. The van der Waals surface area contributed by atoms with E-state index in [0.29, 0.717) is 84.0 Å². The van der Waals surface area contributed by atoms with Crippen LogP contribution in [0.4, 0.5) is 0 Å². The summed E-state index contributed by atoms with van der Waals surface area (Å²) in [5, 5.41) is 23.0. The molecule has 0 unspecified atom stereocenters. The van der Waals surface area contributed by atoms with Crippen molar-refractivity contribution in [1.82, 2.24) is 26.6 Å². The van der Waals surface area contributed by atoms with Gasteiger partial charge in [-0.1, -0.05) is 20.3 Å². The number of carboxylic acid groups (broad SMARTS) is 1. The van der Waals surface area contributed by atoms with Crippen molar-refractivity contribution in [2.45, 2.75) is 140 Å². The lowest BCUT2D eigenvalue weighted by molar-refractivity contribution is -0.143. The Kier molecular flexibility index (Phi) is 27.9. The average Bonchev–Trinajstić information content (AvgIpc) is 3.13. The van der Waals surface area contributed by atoms with E-state index >= 15 is 0 Å². The first-order valence-corrected chi connectivity index (χ1v) is 19.5. The third kappa shape index (κ3) is 22.8. The van der Waals surface area contributed by atoms with Gasteiger partial charge < -0.3 is 71.8 Å². The largest absolute Gasteiger partial charge is 0.480 e. The second-order valence-electron chi connectivity index (χ2n) is 14.0. The molecule has 0 aliphatic heterocycles. The molecular formula is C35H71N13O7. The number of hydrogen-bond acceptors (Lipinski definition) is 12. The summed E-state index contributed by atoms with van der Waals surface area (Å²) in [6.07, 6.45) is 5.67. The first-order valence-electron chi connectivity index (χ1n) is 19.5. The Morgan fingerprint density at radius 1 is 0.509 bits per heavy atom. The Bertz CT molecular complexity index is 1190. The zero-order valence-electron chi connectivity index (χ0n) is 32.9. The van der Waals surface area contributed by atoms with Gasteiger partial charge in [-0.15, -0.1) is 0 Å². The number of carbonyl (C=O) groups is 6. The van der Waals surface area contributed by atoms with Crippen molar-refractivity contribution in [1.29, 1.82) is 0 Å². The number of hydrogen-bond donors (Lipinski definition) is 13. The molecule has 20 heteroatoms. The van der Waals surface area contributed by atoms with E-state index < -0.39 is 77.7 Å². The molecule has 0 rings (SSSR count). The van der Waals surface area contributed by atoms with Gasteiger partial charge >= 0.3 is 5.97 Å². The molecule has 6 atom stereocenters. The van der Waals surface area contributed by atoms with Crippen LogP contribution in [0, 0.1) is 5.92 Å². The van der Waals surface area contributed by atoms with Crippen LogP contribution in [-0.4, -0.2) is 116 Å². The topological polar surface area (TPSA) is 377 Å². The molecule has 20 nitrogen and oxygen atoms in total. The van der Waals surface area contributed by atoms with Crippen molar-refractivity contribution in [2.24, 2.45) is 51.0 Å². The third-order valence-electron chi connectivity index (χ3n) is 8.85. The molecular weight excluding hydrogens is 714 g/mol. The number of carbonyl (C=O) groups excluding carboxylic acids is 5. The molecule has 0 radical (unpaired) electrons. The summed E-state index contributed by atoms with van der Waals surface area (Å²) in [6.45, 7) is 4.93. The van der Waals surface area contributed by atoms with Gasteiger partial charge in [0, 0.05) is 6.54 Å². The molecule has 55 heavy (non-hydrogen) atoms. The van der Waals surface area contributed by atoms with Gasteiger partial charge in [-0.25, -0.2) is 4.79 Å². The van der Waals surface area contributed by atoms with Gasteiger partial charge in [-0.2, -0.15) is 0 Å². The van der Waals surface area contributed by atoms with Crippen molar-refractivity contribution in [3.8, 4) is 0 Å². The molecule has 0 aromatic carbocycles. The lowest BCUT2D eigenvalue weighted by atomic mass is 10.0. The zero-order chi connectivity index (χ0) is 41.8. The first kappa shape index (κ1) is 50.9. The number of amides is 5. The standard InChI is InChI=1S/C35H71N13O7/c1-22(2)28(34(54)55)48-33(53)26(15-6-10-20-39)46-32(52)27(16-11-21-43-35(41)42)47-31(51)25(14-5-9-19-38)45-30(50)24(13-4-8-18-37)44-29(49)23(40)12-3-7-17-36/h22-28H,3-21,36-40H2,1-2H3,(H,44,49)(H,45,50)(H,46,52)(H,47,51)(H,48,53)(H,54,55)(H4,41,42,43)/t23-,24-,25-,26-,27-,28-/m0/s1. The molecule has 0 saturated carbocycles. The monoisotopic (exact) mass is 786 g/mol. The molecule has 0 saturated heterocycles. The Morgan fingerprint density at radius 3 is 1.16 bits per heavy atom. The number of aliphatic imine (C=N–C) groups is 1. The van der Waals surface area contributed by atoms with Crippen molar-refractivity contribution >= 4 is 41.5 Å². The number of carboxylic acids is 1. The van der Waals surface area contributed by atoms with Crippen LogP contribution in [0.3, 0.4) is 0 Å². The highest BCUT2D eigenvalue weighted by molar-refractivity contribution is 5.96. The smallest absolute Gasteiger partial charge is 0.326 e. The molecule has 20 N–H and O–H groups in total. The Balaban J connectivity index is 6.37. The van der Waals surface area contributed by atoms with E-state index in [2.05, 4.69) is 31.6 Å². The third-order valence-corrected chi connectivity index (χ3v) is 8.85. The van der Waals surface area contributed by atoms with Crippen molar-refractivity contribution < 1.29 is 33.9 Å². The number of nitrogens with one attached hydrogen (secondary N) is 5. The van der Waals surface area contributed by atoms with Crippen molar-refractivity contribution in [2.75, 3.05) is 32.7 Å². The molecule has 5 amide bonds. The second-order valence-corrected chi connectivity index (χ2v) is 14.0. The fourth-order valence-corrected chi connectivity index (χ4v) is 5.56. The van der Waals surface area contributed by atoms with Crippen LogP contribution in [0.2, 0.25) is 0 Å². The summed E-state index contributed by atoms with van der Waals surface area (Å²) < 4.78 is 0. The van der Waals surface area contributed by atoms with Gasteiger partial charge in [-0.05, 0) is 116 Å². The Hall–Kier alpha value is -4.11. The van der Waals surface area contributed by atoms with Crippen LogP contribution >= 0.6 is 0 Å². The Morgan fingerprint density at radius 2 is 0.836 bits per heavy atom. The summed E-state index contributed by atoms with van der Waals surface area (Å²) in [5.41, 5.74) is 39.6. The first-order chi connectivity index (χ1) is 26.1. The van der Waals surface area contributed by atoms with E-state index in [-0.39, 0.29) is 44.6 Å². The number of unbranched alkanes of at least 4 members (excludes halogenated alkanes) is 4. The van der Waals surface area contributed by atoms with E-state index in [1.165, 1.54) is 0 Å². The van der Waals surface area contributed by atoms with E-state index in [0.717, 1.165) is 0 Å². The number of nitrogens with zero attached hydrogens (tertiary/aromatic N) is 1. The average molecular weight is 786 g/mol. The maximum Gasteiger partial charge on any atom is 0.326 e. The predicted octanol–water partition coefficient (Wildman–Crippen LogP) is -2.95. The quantitative estimate of drug-likeness (QED) is 0.0184. The summed E-state index contributed by atoms with van der Waals surface area (Å²) in [5.74, 6) is -5.07. The molecule has 0 bridgehead atoms. The van der Waals surface area contributed by atoms with Crippen LogP contribution < -0.4 is 66.7 Å². The maximum absolute atomic E-state index is 13.9. The number of guanidine groups is 1. The predicted molar refractivity (Wildman–Crippen MR) is 212 cm³/mol. The van der Waals surface area contributed by atoms with Crippen molar-refractivity contribution in [3.05, 3.63) is 0 Å². The van der Waals surface area contributed by atoms with E-state index in [1.807, 2.05) is 0 Å². The molecule has 0 aromatic rings. The van der Waals surface area contributed by atoms with Crippen LogP contribution in [-0.2, 0) is 28.8 Å². The molecule has 0 aliphatic rings. The van der Waals surface area contributed by atoms with Crippen LogP contribution in [0.25, 0.3) is 0 Å². The molecule has 0 fully saturated rings. The van der Waals surface area contributed by atoms with Gasteiger partial charge in [0.1, 0.15) is 30.2 Å². The molecule has 0 aromatic heterocycles. The van der Waals surface area contributed by atoms with Gasteiger partial charge in [0.25, 0.3) is 0 Å². The number of nitrogens with two attached hydrogens (primary N) is 7. The van der Waals surface area contributed by atoms with E-state index in [9.17, 15) is 33.9 Å². The molecule has 0 heterocycles. The summed E-state index contributed by atoms with van der Waals surface area (Å²) in [6, 6.07) is -6.57. The van der Waals surface area contributed by atoms with Crippen molar-refractivity contribution in [3.63, 3.8) is 0 Å². The van der Waals surface area contributed by atoms with Crippen LogP contribution in [0.1, 0.15) is 104 Å². The summed E-state index contributed by atoms with van der Waals surface area (Å²) in [7, 11) is 0. The highest BCUT2D eigenvalue weighted by Gasteiger charge is 2.33. The lowest BCUT2D eigenvalue weighted by Crippen LogP contribution is -2.59.